The molecule has 1 aromatic rings. The summed E-state index contributed by atoms with van der Waals surface area (Å²) in [6.07, 6.45) is 0.609. The first-order valence-corrected chi connectivity index (χ1v) is 10.6. The Morgan fingerprint density at radius 2 is 2.07 bits per heavy atom. The first kappa shape index (κ1) is 20.8. The van der Waals surface area contributed by atoms with Gasteiger partial charge in [-0.2, -0.15) is 0 Å². The van der Waals surface area contributed by atoms with Crippen molar-refractivity contribution in [2.45, 2.75) is 57.8 Å². The van der Waals surface area contributed by atoms with Crippen LogP contribution in [-0.2, 0) is 20.9 Å². The number of amides is 3. The van der Waals surface area contributed by atoms with Crippen molar-refractivity contribution in [2.24, 2.45) is 0 Å². The molecule has 1 unspecified atom stereocenters. The third-order valence-corrected chi connectivity index (χ3v) is 6.11. The molecule has 3 aliphatic heterocycles. The molecule has 3 amide bonds. The number of nitrogens with one attached hydrogen (secondary N) is 1. The van der Waals surface area contributed by atoms with Crippen molar-refractivity contribution >= 4 is 17.7 Å². The van der Waals surface area contributed by atoms with E-state index in [4.69, 9.17) is 9.47 Å². The van der Waals surface area contributed by atoms with Crippen molar-refractivity contribution in [1.82, 2.24) is 15.1 Å². The van der Waals surface area contributed by atoms with Crippen LogP contribution in [0.25, 0.3) is 0 Å². The van der Waals surface area contributed by atoms with Gasteiger partial charge < -0.3 is 14.4 Å². The number of morpholine rings is 1. The Labute approximate surface area is 176 Å². The van der Waals surface area contributed by atoms with E-state index < -0.39 is 11.9 Å². The minimum Gasteiger partial charge on any atom is -0.492 e. The maximum absolute atomic E-state index is 12.8. The van der Waals surface area contributed by atoms with E-state index in [0.29, 0.717) is 37.5 Å². The number of hydrogen-bond acceptors (Lipinski definition) is 6. The number of rotatable bonds is 5. The van der Waals surface area contributed by atoms with Gasteiger partial charge in [0.2, 0.25) is 11.8 Å². The predicted octanol–water partition coefficient (Wildman–Crippen LogP) is 1.33. The van der Waals surface area contributed by atoms with E-state index in [9.17, 15) is 14.4 Å². The summed E-state index contributed by atoms with van der Waals surface area (Å²) in [5.41, 5.74) is 1.28. The van der Waals surface area contributed by atoms with Gasteiger partial charge in [0.1, 0.15) is 18.4 Å². The Morgan fingerprint density at radius 3 is 2.80 bits per heavy atom. The molecule has 2 saturated heterocycles. The van der Waals surface area contributed by atoms with E-state index in [1.54, 1.807) is 17.0 Å². The average molecular weight is 415 g/mol. The zero-order valence-corrected chi connectivity index (χ0v) is 17.8. The fourth-order valence-electron chi connectivity index (χ4n) is 4.45. The molecule has 0 saturated carbocycles. The molecule has 8 nitrogen and oxygen atoms in total. The summed E-state index contributed by atoms with van der Waals surface area (Å²) in [6, 6.07) is 5.01. The van der Waals surface area contributed by atoms with Crippen LogP contribution in [0, 0.1) is 0 Å². The highest BCUT2D eigenvalue weighted by atomic mass is 16.5. The number of carbonyl (C=O) groups is 3. The van der Waals surface area contributed by atoms with Crippen molar-refractivity contribution in [3.8, 4) is 5.75 Å². The van der Waals surface area contributed by atoms with Crippen LogP contribution < -0.4 is 10.1 Å². The second-order valence-corrected chi connectivity index (χ2v) is 8.82. The number of benzene rings is 1. The third-order valence-electron chi connectivity index (χ3n) is 6.11. The molecule has 3 aliphatic rings. The van der Waals surface area contributed by atoms with Crippen molar-refractivity contribution in [3.05, 3.63) is 29.3 Å². The van der Waals surface area contributed by atoms with Gasteiger partial charge in [-0.05, 0) is 50.6 Å². The molecule has 0 aliphatic carbocycles. The Bertz CT molecular complexity index is 868. The maximum atomic E-state index is 12.8. The minimum atomic E-state index is -0.604. The van der Waals surface area contributed by atoms with E-state index in [2.05, 4.69) is 31.0 Å². The van der Waals surface area contributed by atoms with Gasteiger partial charge in [0.25, 0.3) is 5.91 Å². The summed E-state index contributed by atoms with van der Waals surface area (Å²) in [5, 5.41) is 2.32. The van der Waals surface area contributed by atoms with Gasteiger partial charge in [0.05, 0.1) is 18.2 Å². The molecule has 162 valence electrons. The summed E-state index contributed by atoms with van der Waals surface area (Å²) < 4.78 is 12.0. The van der Waals surface area contributed by atoms with Crippen LogP contribution in [0.2, 0.25) is 0 Å². The lowest BCUT2D eigenvalue weighted by Gasteiger charge is -2.43. The van der Waals surface area contributed by atoms with Crippen molar-refractivity contribution in [2.75, 3.05) is 26.3 Å². The third kappa shape index (κ3) is 4.06. The number of nitrogens with zero attached hydrogens (tertiary/aromatic N) is 2. The molecular formula is C22H29N3O5. The second-order valence-electron chi connectivity index (χ2n) is 8.82. The van der Waals surface area contributed by atoms with Crippen molar-refractivity contribution in [3.63, 3.8) is 0 Å². The van der Waals surface area contributed by atoms with Gasteiger partial charge >= 0.3 is 0 Å². The molecule has 1 aromatic carbocycles. The lowest BCUT2D eigenvalue weighted by atomic mass is 10.0. The van der Waals surface area contributed by atoms with Crippen molar-refractivity contribution < 1.29 is 23.9 Å². The molecular weight excluding hydrogens is 386 g/mol. The first-order valence-electron chi connectivity index (χ1n) is 10.6. The molecule has 0 bridgehead atoms. The van der Waals surface area contributed by atoms with E-state index >= 15 is 0 Å². The molecule has 30 heavy (non-hydrogen) atoms. The van der Waals surface area contributed by atoms with Crippen LogP contribution in [0.15, 0.2) is 18.2 Å². The zero-order chi connectivity index (χ0) is 21.5. The lowest BCUT2D eigenvalue weighted by molar-refractivity contribution is -0.136. The Morgan fingerprint density at radius 1 is 1.27 bits per heavy atom. The van der Waals surface area contributed by atoms with Gasteiger partial charge in [-0.25, -0.2) is 0 Å². The topological polar surface area (TPSA) is 88.2 Å². The van der Waals surface area contributed by atoms with Crippen LogP contribution >= 0.6 is 0 Å². The molecule has 0 radical (unpaired) electrons. The van der Waals surface area contributed by atoms with Crippen LogP contribution in [-0.4, -0.2) is 71.5 Å². The van der Waals surface area contributed by atoms with Gasteiger partial charge in [-0.15, -0.1) is 0 Å². The highest BCUT2D eigenvalue weighted by Gasteiger charge is 2.39. The summed E-state index contributed by atoms with van der Waals surface area (Å²) in [5.74, 6) is -0.158. The quantitative estimate of drug-likeness (QED) is 0.730. The monoisotopic (exact) mass is 415 g/mol. The average Bonchev–Trinajstić information content (AvgIpc) is 3.02. The van der Waals surface area contributed by atoms with Gasteiger partial charge in [0.15, 0.2) is 0 Å². The molecule has 1 N–H and O–H groups in total. The van der Waals surface area contributed by atoms with Crippen LogP contribution in [0.1, 0.15) is 49.5 Å². The lowest BCUT2D eigenvalue weighted by Crippen LogP contribution is -2.55. The number of likely N-dealkylation sites (N-methyl/N-ethyl adjacent to an activating group) is 1. The minimum absolute atomic E-state index is 0.153. The van der Waals surface area contributed by atoms with Crippen LogP contribution in [0.3, 0.4) is 0 Å². The maximum Gasteiger partial charge on any atom is 0.255 e. The SMILES string of the molecule is CCN1CC(C)(C)OC[C@H]1COc1ccc2c(c1)CN(C1CCC(=O)NC1=O)C2=O. The molecule has 2 atom stereocenters. The number of fused-ring (bicyclic) bond motifs is 1. The largest absolute Gasteiger partial charge is 0.492 e. The molecule has 2 fully saturated rings. The van der Waals surface area contributed by atoms with E-state index in [-0.39, 0.29) is 29.9 Å². The predicted molar refractivity (Wildman–Crippen MR) is 109 cm³/mol. The standard InChI is InChI=1S/C22H29N3O5/c1-4-24-13-22(2,3)30-12-15(24)11-29-16-5-6-17-14(9-16)10-25(21(17)28)18-7-8-19(26)23-20(18)27/h5-6,9,15,18H,4,7-8,10-13H2,1-3H3,(H,23,26,27)/t15-,18?/m1/s1. The van der Waals surface area contributed by atoms with Crippen LogP contribution in [0.5, 0.6) is 5.75 Å². The van der Waals surface area contributed by atoms with Gasteiger partial charge in [-0.1, -0.05) is 6.92 Å². The van der Waals surface area contributed by atoms with Gasteiger partial charge in [-0.3, -0.25) is 24.6 Å². The smallest absolute Gasteiger partial charge is 0.255 e. The van der Waals surface area contributed by atoms with Crippen molar-refractivity contribution in [1.29, 1.82) is 0 Å². The Balaban J connectivity index is 1.41. The molecule has 0 aromatic heterocycles. The molecule has 3 heterocycles. The number of carbonyl (C=O) groups excluding carboxylic acids is 3. The summed E-state index contributed by atoms with van der Waals surface area (Å²) in [7, 11) is 0. The fourth-order valence-corrected chi connectivity index (χ4v) is 4.45. The Kier molecular flexibility index (Phi) is 5.55. The zero-order valence-electron chi connectivity index (χ0n) is 17.8. The molecule has 4 rings (SSSR count). The van der Waals surface area contributed by atoms with Gasteiger partial charge in [0, 0.05) is 25.1 Å². The van der Waals surface area contributed by atoms with E-state index in [0.717, 1.165) is 18.7 Å². The summed E-state index contributed by atoms with van der Waals surface area (Å²) in [4.78, 5) is 40.3. The fraction of sp³-hybridized carbons (Fsp3) is 0.591. The van der Waals surface area contributed by atoms with E-state index in [1.807, 2.05) is 6.07 Å². The van der Waals surface area contributed by atoms with E-state index in [1.165, 1.54) is 0 Å². The number of ether oxygens (including phenoxy) is 2. The Hall–Kier alpha value is -2.45. The highest BCUT2D eigenvalue weighted by Crippen LogP contribution is 2.30. The number of imide groups is 1. The summed E-state index contributed by atoms with van der Waals surface area (Å²) >= 11 is 0. The number of hydrogen-bond donors (Lipinski definition) is 1. The second kappa shape index (κ2) is 8.00. The normalized spacial score (nSPS) is 26.5. The number of piperidine rings is 1. The first-order chi connectivity index (χ1) is 14.3. The molecule has 0 spiro atoms. The highest BCUT2D eigenvalue weighted by molar-refractivity contribution is 6.05. The van der Waals surface area contributed by atoms with Crippen LogP contribution in [0.4, 0.5) is 0 Å². The summed E-state index contributed by atoms with van der Waals surface area (Å²) in [6.45, 7) is 9.59. The molecule has 8 heteroatoms.